The fraction of sp³-hybridized carbons (Fsp3) is 0.0526. The van der Waals surface area contributed by atoms with E-state index in [2.05, 4.69) is 21.0 Å². The van der Waals surface area contributed by atoms with Crippen LogP contribution in [0.1, 0.15) is 10.6 Å². The Labute approximate surface area is 169 Å². The molecule has 0 saturated carbocycles. The van der Waals surface area contributed by atoms with Gasteiger partial charge in [-0.1, -0.05) is 30.0 Å². The summed E-state index contributed by atoms with van der Waals surface area (Å²) in [4.78, 5) is 23.9. The van der Waals surface area contributed by atoms with Crippen molar-refractivity contribution in [3.63, 3.8) is 0 Å². The number of amides is 2. The number of para-hydroxylation sites is 1. The smallest absolute Gasteiger partial charge is 0.305 e. The van der Waals surface area contributed by atoms with Crippen LogP contribution >= 0.6 is 11.8 Å². The fourth-order valence-electron chi connectivity index (χ4n) is 2.50. The highest BCUT2D eigenvalue weighted by molar-refractivity contribution is 7.99. The molecule has 9 nitrogen and oxygen atoms in total. The Morgan fingerprint density at radius 2 is 1.72 bits per heavy atom. The molecular weight excluding hydrogens is 394 g/mol. The zero-order valence-electron chi connectivity index (χ0n) is 14.9. The SMILES string of the molecule is O=C(CSc1nnc(-c2ccco2)n1-c1ccccc1)NNC(=O)c1ccco1. The van der Waals surface area contributed by atoms with E-state index < -0.39 is 11.8 Å². The fourth-order valence-corrected chi connectivity index (χ4v) is 3.25. The first-order chi connectivity index (χ1) is 14.2. The second-order valence-electron chi connectivity index (χ2n) is 5.72. The molecule has 0 aliphatic carbocycles. The third kappa shape index (κ3) is 4.22. The van der Waals surface area contributed by atoms with Gasteiger partial charge >= 0.3 is 5.91 Å². The molecule has 0 saturated heterocycles. The van der Waals surface area contributed by atoms with Crippen LogP contribution in [0.5, 0.6) is 0 Å². The standard InChI is InChI=1S/C19H15N5O4S/c25-16(20-22-18(26)15-9-5-11-28-15)12-29-19-23-21-17(14-8-4-10-27-14)24(19)13-6-2-1-3-7-13/h1-11H,12H2,(H,20,25)(H,22,26). The monoisotopic (exact) mass is 409 g/mol. The predicted molar refractivity (Wildman–Crippen MR) is 104 cm³/mol. The molecule has 0 fully saturated rings. The van der Waals surface area contributed by atoms with Gasteiger partial charge in [-0.25, -0.2) is 0 Å². The molecule has 0 aliphatic rings. The molecule has 2 amide bonds. The second kappa shape index (κ2) is 8.48. The van der Waals surface area contributed by atoms with E-state index >= 15 is 0 Å². The van der Waals surface area contributed by atoms with E-state index in [0.717, 1.165) is 5.69 Å². The second-order valence-corrected chi connectivity index (χ2v) is 6.67. The van der Waals surface area contributed by atoms with Crippen LogP contribution < -0.4 is 10.9 Å². The van der Waals surface area contributed by atoms with Crippen molar-refractivity contribution in [2.24, 2.45) is 0 Å². The summed E-state index contributed by atoms with van der Waals surface area (Å²) < 4.78 is 12.2. The van der Waals surface area contributed by atoms with Crippen LogP contribution in [0.15, 0.2) is 81.1 Å². The Morgan fingerprint density at radius 1 is 0.931 bits per heavy atom. The number of aromatic nitrogens is 3. The molecule has 29 heavy (non-hydrogen) atoms. The molecule has 0 radical (unpaired) electrons. The maximum atomic E-state index is 12.1. The Balaban J connectivity index is 1.46. The minimum atomic E-state index is -0.541. The van der Waals surface area contributed by atoms with Gasteiger partial charge in [0.05, 0.1) is 18.3 Å². The molecule has 4 aromatic rings. The number of carbonyl (C=O) groups is 2. The third-order valence-electron chi connectivity index (χ3n) is 3.78. The lowest BCUT2D eigenvalue weighted by molar-refractivity contribution is -0.119. The number of nitrogens with zero attached hydrogens (tertiary/aromatic N) is 3. The van der Waals surface area contributed by atoms with Gasteiger partial charge in [0.1, 0.15) is 0 Å². The number of hydrogen-bond donors (Lipinski definition) is 2. The first-order valence-corrected chi connectivity index (χ1v) is 9.51. The number of benzene rings is 1. The first-order valence-electron chi connectivity index (χ1n) is 8.52. The van der Waals surface area contributed by atoms with Crippen molar-refractivity contribution in [2.75, 3.05) is 5.75 Å². The van der Waals surface area contributed by atoms with Gasteiger partial charge in [0, 0.05) is 5.69 Å². The van der Waals surface area contributed by atoms with Gasteiger partial charge in [0.25, 0.3) is 0 Å². The highest BCUT2D eigenvalue weighted by atomic mass is 32.2. The maximum Gasteiger partial charge on any atom is 0.305 e. The summed E-state index contributed by atoms with van der Waals surface area (Å²) in [5.74, 6) is 0.253. The topological polar surface area (TPSA) is 115 Å². The predicted octanol–water partition coefficient (Wildman–Crippen LogP) is 2.67. The summed E-state index contributed by atoms with van der Waals surface area (Å²) in [6.45, 7) is 0. The van der Waals surface area contributed by atoms with Crippen LogP contribution in [0, 0.1) is 0 Å². The zero-order valence-corrected chi connectivity index (χ0v) is 15.8. The Bertz CT molecular complexity index is 1090. The molecule has 4 rings (SSSR count). The number of furan rings is 2. The van der Waals surface area contributed by atoms with E-state index in [1.165, 1.54) is 24.1 Å². The number of hydrazine groups is 1. The molecule has 2 N–H and O–H groups in total. The van der Waals surface area contributed by atoms with E-state index in [1.54, 1.807) is 29.0 Å². The van der Waals surface area contributed by atoms with Crippen molar-refractivity contribution in [2.45, 2.75) is 5.16 Å². The number of nitrogens with one attached hydrogen (secondary N) is 2. The molecule has 146 valence electrons. The molecule has 0 unspecified atom stereocenters. The van der Waals surface area contributed by atoms with Crippen LogP contribution in [0.4, 0.5) is 0 Å². The van der Waals surface area contributed by atoms with Crippen molar-refractivity contribution in [1.82, 2.24) is 25.6 Å². The summed E-state index contributed by atoms with van der Waals surface area (Å²) >= 11 is 1.18. The highest BCUT2D eigenvalue weighted by Gasteiger charge is 2.19. The number of hydrogen-bond acceptors (Lipinski definition) is 7. The van der Waals surface area contributed by atoms with Gasteiger partial charge in [0.2, 0.25) is 11.7 Å². The van der Waals surface area contributed by atoms with E-state index in [0.29, 0.717) is 16.7 Å². The molecule has 1 aromatic carbocycles. The highest BCUT2D eigenvalue weighted by Crippen LogP contribution is 2.27. The first kappa shape index (κ1) is 18.6. The van der Waals surface area contributed by atoms with Crippen LogP contribution in [-0.2, 0) is 4.79 Å². The van der Waals surface area contributed by atoms with Crippen molar-refractivity contribution in [3.05, 3.63) is 72.9 Å². The summed E-state index contributed by atoms with van der Waals surface area (Å²) in [6.07, 6.45) is 2.93. The zero-order chi connectivity index (χ0) is 20.1. The van der Waals surface area contributed by atoms with Gasteiger partial charge in [-0.05, 0) is 36.4 Å². The van der Waals surface area contributed by atoms with E-state index in [1.807, 2.05) is 30.3 Å². The van der Waals surface area contributed by atoms with Gasteiger partial charge in [-0.15, -0.1) is 10.2 Å². The number of rotatable bonds is 6. The van der Waals surface area contributed by atoms with Gasteiger partial charge in [0.15, 0.2) is 16.7 Å². The molecule has 3 aromatic heterocycles. The minimum absolute atomic E-state index is 0.0154. The Morgan fingerprint density at radius 3 is 2.45 bits per heavy atom. The van der Waals surface area contributed by atoms with Gasteiger partial charge in [-0.3, -0.25) is 25.0 Å². The van der Waals surface area contributed by atoms with Gasteiger partial charge in [-0.2, -0.15) is 0 Å². The average molecular weight is 409 g/mol. The number of thioether (sulfide) groups is 1. The Kier molecular flexibility index (Phi) is 5.43. The van der Waals surface area contributed by atoms with Crippen LogP contribution in [-0.4, -0.2) is 32.3 Å². The van der Waals surface area contributed by atoms with E-state index in [4.69, 9.17) is 8.83 Å². The van der Waals surface area contributed by atoms with Crippen LogP contribution in [0.3, 0.4) is 0 Å². The summed E-state index contributed by atoms with van der Waals surface area (Å²) in [5.41, 5.74) is 5.46. The van der Waals surface area contributed by atoms with Gasteiger partial charge < -0.3 is 8.83 Å². The normalized spacial score (nSPS) is 10.6. The summed E-state index contributed by atoms with van der Waals surface area (Å²) in [7, 11) is 0. The lowest BCUT2D eigenvalue weighted by atomic mass is 10.3. The number of carbonyl (C=O) groups excluding carboxylic acids is 2. The van der Waals surface area contributed by atoms with Crippen LogP contribution in [0.2, 0.25) is 0 Å². The van der Waals surface area contributed by atoms with Crippen molar-refractivity contribution >= 4 is 23.6 Å². The molecule has 0 spiro atoms. The molecular formula is C19H15N5O4S. The quantitative estimate of drug-likeness (QED) is 0.372. The lowest BCUT2D eigenvalue weighted by Crippen LogP contribution is -2.42. The van der Waals surface area contributed by atoms with E-state index in [-0.39, 0.29) is 11.5 Å². The molecule has 10 heteroatoms. The molecule has 0 atom stereocenters. The minimum Gasteiger partial charge on any atom is -0.461 e. The van der Waals surface area contributed by atoms with Crippen LogP contribution in [0.25, 0.3) is 17.3 Å². The lowest BCUT2D eigenvalue weighted by Gasteiger charge is -2.09. The van der Waals surface area contributed by atoms with Crippen molar-refractivity contribution < 1.29 is 18.4 Å². The average Bonchev–Trinajstić information content (AvgIpc) is 3.51. The molecule has 3 heterocycles. The van der Waals surface area contributed by atoms with Crippen molar-refractivity contribution in [1.29, 1.82) is 0 Å². The maximum absolute atomic E-state index is 12.1. The summed E-state index contributed by atoms with van der Waals surface area (Å²) in [6, 6.07) is 16.1. The molecule has 0 aliphatic heterocycles. The molecule has 0 bridgehead atoms. The van der Waals surface area contributed by atoms with Crippen molar-refractivity contribution in [3.8, 4) is 17.3 Å². The van der Waals surface area contributed by atoms with E-state index in [9.17, 15) is 9.59 Å². The Hall–Kier alpha value is -3.79. The summed E-state index contributed by atoms with van der Waals surface area (Å²) in [5, 5.41) is 8.90. The largest absolute Gasteiger partial charge is 0.461 e. The third-order valence-corrected chi connectivity index (χ3v) is 4.71.